The lowest BCUT2D eigenvalue weighted by Crippen LogP contribution is -2.25. The summed E-state index contributed by atoms with van der Waals surface area (Å²) in [4.78, 5) is 22.4. The molecule has 7 heteroatoms. The largest absolute Gasteiger partial charge is 0.340 e. The molecule has 3 aromatic rings. The van der Waals surface area contributed by atoms with Gasteiger partial charge in [0.2, 0.25) is 0 Å². The SMILES string of the molecule is C/C=S(/N)c1ccc(Nc2ccc3c(n2)N(C)c2ccccc2C(=O)N3C)cc1. The number of amides is 1. The van der Waals surface area contributed by atoms with Crippen molar-refractivity contribution in [2.24, 2.45) is 5.14 Å². The van der Waals surface area contributed by atoms with Crippen molar-refractivity contribution in [1.82, 2.24) is 4.98 Å². The van der Waals surface area contributed by atoms with Crippen LogP contribution >= 0.6 is 10.7 Å². The van der Waals surface area contributed by atoms with Gasteiger partial charge in [-0.05, 0) is 60.8 Å². The van der Waals surface area contributed by atoms with Gasteiger partial charge in [-0.2, -0.15) is 0 Å². The van der Waals surface area contributed by atoms with Crippen molar-refractivity contribution in [3.8, 4) is 0 Å². The Morgan fingerprint density at radius 2 is 1.69 bits per heavy atom. The number of nitrogens with two attached hydrogens (primary N) is 1. The maximum absolute atomic E-state index is 12.9. The first kappa shape index (κ1) is 19.2. The number of pyridine rings is 1. The summed E-state index contributed by atoms with van der Waals surface area (Å²) in [5, 5.41) is 11.4. The number of rotatable bonds is 3. The molecule has 1 atom stereocenters. The number of para-hydroxylation sites is 1. The highest BCUT2D eigenvalue weighted by atomic mass is 32.2. The quantitative estimate of drug-likeness (QED) is 0.627. The Hall–Kier alpha value is -3.16. The molecule has 4 rings (SSSR count). The highest BCUT2D eigenvalue weighted by molar-refractivity contribution is 8.13. The van der Waals surface area contributed by atoms with E-state index in [0.717, 1.165) is 27.8 Å². The Morgan fingerprint density at radius 3 is 2.41 bits per heavy atom. The van der Waals surface area contributed by atoms with E-state index in [0.29, 0.717) is 11.4 Å². The number of carbonyl (C=O) groups is 1. The average molecular weight is 406 g/mol. The van der Waals surface area contributed by atoms with Gasteiger partial charge in [-0.3, -0.25) is 9.93 Å². The molecular weight excluding hydrogens is 382 g/mol. The van der Waals surface area contributed by atoms with Gasteiger partial charge in [0.15, 0.2) is 5.82 Å². The zero-order valence-electron chi connectivity index (χ0n) is 16.6. The van der Waals surface area contributed by atoms with Crippen LogP contribution in [0.2, 0.25) is 0 Å². The summed E-state index contributed by atoms with van der Waals surface area (Å²) in [6, 6.07) is 19.4. The zero-order valence-corrected chi connectivity index (χ0v) is 17.4. The smallest absolute Gasteiger partial charge is 0.260 e. The molecule has 0 saturated heterocycles. The number of hydrogen-bond donors (Lipinski definition) is 2. The van der Waals surface area contributed by atoms with E-state index in [1.165, 1.54) is 0 Å². The molecule has 148 valence electrons. The second-order valence-electron chi connectivity index (χ2n) is 6.74. The van der Waals surface area contributed by atoms with E-state index < -0.39 is 0 Å². The third-order valence-electron chi connectivity index (χ3n) is 4.99. The molecule has 1 unspecified atom stereocenters. The minimum atomic E-state index is -0.345. The summed E-state index contributed by atoms with van der Waals surface area (Å²) in [5.41, 5.74) is 3.18. The van der Waals surface area contributed by atoms with Crippen molar-refractivity contribution in [3.05, 3.63) is 66.2 Å². The minimum absolute atomic E-state index is 0.0470. The monoisotopic (exact) mass is 405 g/mol. The maximum atomic E-state index is 12.9. The van der Waals surface area contributed by atoms with E-state index in [9.17, 15) is 4.79 Å². The summed E-state index contributed by atoms with van der Waals surface area (Å²) in [5.74, 6) is 1.38. The van der Waals surface area contributed by atoms with Crippen LogP contribution in [-0.4, -0.2) is 30.4 Å². The van der Waals surface area contributed by atoms with Crippen molar-refractivity contribution in [1.29, 1.82) is 0 Å². The van der Waals surface area contributed by atoms with Gasteiger partial charge in [-0.1, -0.05) is 22.8 Å². The number of nitrogens with one attached hydrogen (secondary N) is 1. The van der Waals surface area contributed by atoms with E-state index in [1.807, 2.05) is 84.9 Å². The van der Waals surface area contributed by atoms with Gasteiger partial charge in [0.05, 0.1) is 16.9 Å². The van der Waals surface area contributed by atoms with Crippen LogP contribution in [0.3, 0.4) is 0 Å². The molecule has 1 aliphatic heterocycles. The van der Waals surface area contributed by atoms with Crippen LogP contribution in [0.25, 0.3) is 0 Å². The number of benzene rings is 2. The summed E-state index contributed by atoms with van der Waals surface area (Å²) in [7, 11) is 3.36. The van der Waals surface area contributed by atoms with E-state index in [1.54, 1.807) is 11.9 Å². The van der Waals surface area contributed by atoms with E-state index in [-0.39, 0.29) is 16.6 Å². The van der Waals surface area contributed by atoms with Crippen LogP contribution in [0.5, 0.6) is 0 Å². The highest BCUT2D eigenvalue weighted by Gasteiger charge is 2.28. The van der Waals surface area contributed by atoms with Crippen LogP contribution in [-0.2, 0) is 0 Å². The molecule has 0 aliphatic carbocycles. The van der Waals surface area contributed by atoms with Gasteiger partial charge in [0.25, 0.3) is 5.91 Å². The molecule has 0 radical (unpaired) electrons. The Labute approximate surface area is 173 Å². The standard InChI is InChI=1S/C22H23N5OS/c1-4-29(23)16-11-9-15(10-12-16)24-20-14-13-19-21(25-20)26(2)18-8-6-5-7-17(18)22(28)27(19)3/h4-14H,23H2,1-3H3,(H,24,25). The number of carbonyl (C=O) groups excluding carboxylic acids is 1. The van der Waals surface area contributed by atoms with Gasteiger partial charge < -0.3 is 15.1 Å². The normalized spacial score (nSPS) is 14.3. The highest BCUT2D eigenvalue weighted by Crippen LogP contribution is 2.38. The van der Waals surface area contributed by atoms with Crippen molar-refractivity contribution in [2.75, 3.05) is 29.2 Å². The third-order valence-corrected chi connectivity index (χ3v) is 6.31. The molecule has 29 heavy (non-hydrogen) atoms. The second-order valence-corrected chi connectivity index (χ2v) is 8.42. The fourth-order valence-electron chi connectivity index (χ4n) is 3.35. The number of aromatic nitrogens is 1. The lowest BCUT2D eigenvalue weighted by molar-refractivity contribution is 0.0994. The van der Waals surface area contributed by atoms with Crippen molar-refractivity contribution in [2.45, 2.75) is 11.8 Å². The number of nitrogens with zero attached hydrogens (tertiary/aromatic N) is 3. The predicted octanol–water partition coefficient (Wildman–Crippen LogP) is 4.51. The Kier molecular flexibility index (Phi) is 5.08. The summed E-state index contributed by atoms with van der Waals surface area (Å²) in [6.07, 6.45) is 0. The first-order valence-electron chi connectivity index (χ1n) is 9.25. The molecule has 2 aromatic carbocycles. The molecule has 1 amide bonds. The molecule has 6 nitrogen and oxygen atoms in total. The topological polar surface area (TPSA) is 74.5 Å². The van der Waals surface area contributed by atoms with Gasteiger partial charge in [-0.25, -0.2) is 4.98 Å². The van der Waals surface area contributed by atoms with Crippen LogP contribution in [0.1, 0.15) is 17.3 Å². The van der Waals surface area contributed by atoms with Gasteiger partial charge in [0, 0.05) is 24.7 Å². The molecule has 0 fully saturated rings. The van der Waals surface area contributed by atoms with Crippen LogP contribution in [0, 0.1) is 0 Å². The lowest BCUT2D eigenvalue weighted by Gasteiger charge is -2.22. The summed E-state index contributed by atoms with van der Waals surface area (Å²) < 4.78 is 0. The van der Waals surface area contributed by atoms with Gasteiger partial charge in [0.1, 0.15) is 5.82 Å². The van der Waals surface area contributed by atoms with Crippen LogP contribution in [0.15, 0.2) is 65.6 Å². The maximum Gasteiger partial charge on any atom is 0.260 e. The molecule has 3 N–H and O–H groups in total. The number of anilines is 5. The van der Waals surface area contributed by atoms with Crippen LogP contribution < -0.4 is 20.3 Å². The average Bonchev–Trinajstić information content (AvgIpc) is 2.84. The van der Waals surface area contributed by atoms with Crippen molar-refractivity contribution < 1.29 is 4.79 Å². The molecule has 0 spiro atoms. The number of hydrogen-bond acceptors (Lipinski definition) is 5. The van der Waals surface area contributed by atoms with Crippen molar-refractivity contribution >= 4 is 50.6 Å². The fourth-order valence-corrected chi connectivity index (χ4v) is 4.07. The Morgan fingerprint density at radius 1 is 0.966 bits per heavy atom. The lowest BCUT2D eigenvalue weighted by atomic mass is 10.1. The third kappa shape index (κ3) is 3.50. The molecule has 1 aliphatic rings. The first-order chi connectivity index (χ1) is 14.0. The number of fused-ring (bicyclic) bond motifs is 2. The molecule has 0 saturated carbocycles. The van der Waals surface area contributed by atoms with E-state index >= 15 is 0 Å². The second kappa shape index (κ2) is 7.69. The first-order valence-corrected chi connectivity index (χ1v) is 10.6. The van der Waals surface area contributed by atoms with Crippen LogP contribution in [0.4, 0.5) is 28.7 Å². The van der Waals surface area contributed by atoms with Gasteiger partial charge in [-0.15, -0.1) is 0 Å². The van der Waals surface area contributed by atoms with E-state index in [4.69, 9.17) is 10.1 Å². The molecule has 1 aromatic heterocycles. The van der Waals surface area contributed by atoms with Gasteiger partial charge >= 0.3 is 0 Å². The Balaban J connectivity index is 1.69. The predicted molar refractivity (Wildman–Crippen MR) is 123 cm³/mol. The summed E-state index contributed by atoms with van der Waals surface area (Å²) >= 11 is 0. The Bertz CT molecular complexity index is 1110. The van der Waals surface area contributed by atoms with E-state index in [2.05, 4.69) is 5.32 Å². The molecular formula is C22H23N5OS. The molecule has 2 heterocycles. The fraction of sp³-hybridized carbons (Fsp3) is 0.136. The van der Waals surface area contributed by atoms with Crippen molar-refractivity contribution in [3.63, 3.8) is 0 Å². The summed E-state index contributed by atoms with van der Waals surface area (Å²) in [6.45, 7) is 1.96. The zero-order chi connectivity index (χ0) is 20.5. The molecule has 0 bridgehead atoms. The minimum Gasteiger partial charge on any atom is -0.340 e.